The van der Waals surface area contributed by atoms with Crippen LogP contribution in [-0.2, 0) is 37.9 Å². The summed E-state index contributed by atoms with van der Waals surface area (Å²) in [7, 11) is 0. The number of esters is 6. The second kappa shape index (κ2) is 24.2. The molecule has 0 amide bonds. The molecular weight excluding hydrogens is 1220 g/mol. The monoisotopic (exact) mass is 1270 g/mol. The van der Waals surface area contributed by atoms with Crippen LogP contribution in [0.3, 0.4) is 0 Å². The Morgan fingerprint density at radius 2 is 0.689 bits per heavy atom. The number of rotatable bonds is 6. The van der Waals surface area contributed by atoms with Crippen molar-refractivity contribution in [2.45, 2.75) is 61.4 Å². The summed E-state index contributed by atoms with van der Waals surface area (Å²) in [6, 6.07) is 4.28. The standard InChI is InChI=1S/C54H44O36/c55-11-29-37(71)43(85-47(75)13-1-19(57)31(65)20(58)2-13)45-53(83-29)89-51(79)17-9-25(63)35(69)39(73)41(17)82-28-8-16(6-24(62)34(28)68)50(78)88-46-44(86-48(76)14-3-21(59)32(66)22(60)4-14)38(72)30(12-56)84-54(46)90-52(80)18-10-26(64)36(70)40(74)42(18)81-27-7-15(49(77)87-45)5-23(61)33(27)67/h1-10,29-30,37-38,43-46,53-74H,11-12H2. The highest BCUT2D eigenvalue weighted by Crippen LogP contribution is 2.52. The van der Waals surface area contributed by atoms with E-state index in [1.165, 1.54) is 0 Å². The highest BCUT2D eigenvalue weighted by Gasteiger charge is 2.54. The quantitative estimate of drug-likeness (QED) is 0.0603. The molecule has 20 N–H and O–H groups in total. The molecule has 6 aromatic carbocycles. The molecular formula is C54H44O36. The molecule has 6 aromatic rings. The van der Waals surface area contributed by atoms with Crippen LogP contribution in [0.15, 0.2) is 60.7 Å². The van der Waals surface area contributed by atoms with Gasteiger partial charge in [0.25, 0.3) is 0 Å². The SMILES string of the molecule is O=C1OC2C(OC(=O)c3cc(O)c(O)c(O)c3Oc3cc(cc(O)c3O)C(=O)OC3C(OC(=O)c4cc(O)c(O)c(O)c4Oc4cc1cc(O)c4O)OC(CO)C(O)C3OC(=O)c1cc(O)c(O)c(O)c1)OC(CO)C(O)C2OC(=O)c1cc(O)c(O)c(O)c1. The number of hydrogen-bond acceptors (Lipinski definition) is 36. The van der Waals surface area contributed by atoms with E-state index in [0.717, 1.165) is 0 Å². The molecule has 0 radical (unpaired) electrons. The van der Waals surface area contributed by atoms with Crippen molar-refractivity contribution in [3.63, 3.8) is 0 Å². The van der Waals surface area contributed by atoms with Gasteiger partial charge in [0.15, 0.2) is 92.7 Å². The maximum absolute atomic E-state index is 14.5. The van der Waals surface area contributed by atoms with Crippen LogP contribution in [0.1, 0.15) is 62.1 Å². The third-order valence-corrected chi connectivity index (χ3v) is 13.5. The fourth-order valence-corrected chi connectivity index (χ4v) is 8.90. The number of aromatic hydroxyl groups is 16. The number of phenolic OH excluding ortho intramolecular Hbond substituents is 16. The molecule has 0 saturated carbocycles. The number of benzene rings is 6. The summed E-state index contributed by atoms with van der Waals surface area (Å²) in [6.07, 6.45) is -24.7. The predicted octanol–water partition coefficient (Wildman–Crippen LogP) is 0.246. The molecule has 9 rings (SSSR count). The summed E-state index contributed by atoms with van der Waals surface area (Å²) in [5.41, 5.74) is -6.34. The van der Waals surface area contributed by atoms with E-state index in [4.69, 9.17) is 47.4 Å². The number of phenols is 16. The van der Waals surface area contributed by atoms with Gasteiger partial charge in [0.2, 0.25) is 59.3 Å². The van der Waals surface area contributed by atoms with Gasteiger partial charge in [0, 0.05) is 12.1 Å². The molecule has 36 nitrogen and oxygen atoms in total. The number of aliphatic hydroxyl groups excluding tert-OH is 4. The van der Waals surface area contributed by atoms with Crippen LogP contribution in [0.25, 0.3) is 0 Å². The third-order valence-electron chi connectivity index (χ3n) is 13.5. The summed E-state index contributed by atoms with van der Waals surface area (Å²) in [4.78, 5) is 85.2. The normalized spacial score (nSPS) is 22.8. The van der Waals surface area contributed by atoms with Crippen molar-refractivity contribution in [2.75, 3.05) is 13.2 Å². The molecule has 2 saturated heterocycles. The number of ether oxygens (including phenoxy) is 10. The van der Waals surface area contributed by atoms with E-state index < -0.39 is 259 Å². The zero-order valence-electron chi connectivity index (χ0n) is 44.4. The van der Waals surface area contributed by atoms with Gasteiger partial charge in [0.05, 0.1) is 35.5 Å². The van der Waals surface area contributed by atoms with Gasteiger partial charge in [-0.3, -0.25) is 0 Å². The largest absolute Gasteiger partial charge is 0.504 e. The van der Waals surface area contributed by atoms with E-state index in [-0.39, 0.29) is 12.1 Å². The van der Waals surface area contributed by atoms with Crippen molar-refractivity contribution in [2.24, 2.45) is 0 Å². The first-order valence-electron chi connectivity index (χ1n) is 25.1. The average Bonchev–Trinajstić information content (AvgIpc) is 0.861. The first kappa shape index (κ1) is 62.8. The third kappa shape index (κ3) is 11.7. The lowest BCUT2D eigenvalue weighted by molar-refractivity contribution is -0.283. The lowest BCUT2D eigenvalue weighted by Crippen LogP contribution is -2.62. The van der Waals surface area contributed by atoms with Crippen LogP contribution in [0, 0.1) is 0 Å². The Kier molecular flexibility index (Phi) is 16.9. The van der Waals surface area contributed by atoms with Crippen molar-refractivity contribution in [3.8, 4) is 115 Å². The Morgan fingerprint density at radius 1 is 0.378 bits per heavy atom. The van der Waals surface area contributed by atoms with Gasteiger partial charge in [-0.25, -0.2) is 28.8 Å². The topological polar surface area (TPSA) is 599 Å². The molecule has 10 atom stereocenters. The zero-order chi connectivity index (χ0) is 65.8. The van der Waals surface area contributed by atoms with Gasteiger partial charge in [-0.1, -0.05) is 0 Å². The van der Waals surface area contributed by atoms with Crippen LogP contribution in [0.5, 0.6) is 115 Å². The molecule has 3 aliphatic rings. The number of aliphatic hydroxyl groups is 4. The number of fused-ring (bicyclic) bond motifs is 8. The van der Waals surface area contributed by atoms with Crippen LogP contribution in [0.4, 0.5) is 0 Å². The highest BCUT2D eigenvalue weighted by atomic mass is 16.8. The summed E-state index contributed by atoms with van der Waals surface area (Å²) < 4.78 is 55.0. The molecule has 476 valence electrons. The fourth-order valence-electron chi connectivity index (χ4n) is 8.90. The van der Waals surface area contributed by atoms with Crippen LogP contribution in [0.2, 0.25) is 0 Å². The first-order chi connectivity index (χ1) is 42.4. The summed E-state index contributed by atoms with van der Waals surface area (Å²) in [6.45, 7) is -2.60. The van der Waals surface area contributed by atoms with Crippen molar-refractivity contribution in [3.05, 3.63) is 94.0 Å². The van der Waals surface area contributed by atoms with Crippen LogP contribution >= 0.6 is 0 Å². The molecule has 4 bridgehead atoms. The molecule has 3 aliphatic heterocycles. The van der Waals surface area contributed by atoms with Gasteiger partial charge < -0.3 is 149 Å². The Labute approximate surface area is 496 Å². The van der Waals surface area contributed by atoms with Crippen LogP contribution < -0.4 is 9.47 Å². The molecule has 0 spiro atoms. The number of carbonyl (C=O) groups excluding carboxylic acids is 6. The van der Waals surface area contributed by atoms with E-state index in [2.05, 4.69) is 0 Å². The minimum Gasteiger partial charge on any atom is -0.504 e. The summed E-state index contributed by atoms with van der Waals surface area (Å²) in [5.74, 6) is -37.8. The maximum atomic E-state index is 14.5. The van der Waals surface area contributed by atoms with Gasteiger partial charge >= 0.3 is 35.8 Å². The van der Waals surface area contributed by atoms with Gasteiger partial charge in [-0.2, -0.15) is 0 Å². The second-order valence-electron chi connectivity index (χ2n) is 19.3. The molecule has 0 aliphatic carbocycles. The van der Waals surface area contributed by atoms with Gasteiger partial charge in [-0.15, -0.1) is 0 Å². The highest BCUT2D eigenvalue weighted by molar-refractivity contribution is 5.98. The summed E-state index contributed by atoms with van der Waals surface area (Å²) in [5, 5.41) is 214. The zero-order valence-corrected chi connectivity index (χ0v) is 44.4. The summed E-state index contributed by atoms with van der Waals surface area (Å²) >= 11 is 0. The Hall–Kier alpha value is -11.7. The van der Waals surface area contributed by atoms with Crippen molar-refractivity contribution in [1.82, 2.24) is 0 Å². The van der Waals surface area contributed by atoms with E-state index in [0.29, 0.717) is 48.5 Å². The van der Waals surface area contributed by atoms with E-state index in [9.17, 15) is 131 Å². The first-order valence-corrected chi connectivity index (χ1v) is 25.1. The van der Waals surface area contributed by atoms with E-state index in [1.54, 1.807) is 0 Å². The maximum Gasteiger partial charge on any atom is 0.344 e. The van der Waals surface area contributed by atoms with E-state index in [1.807, 2.05) is 0 Å². The minimum absolute atomic E-state index is 0.283. The van der Waals surface area contributed by atoms with Gasteiger partial charge in [0.1, 0.15) is 35.5 Å². The molecule has 2 fully saturated rings. The van der Waals surface area contributed by atoms with Crippen molar-refractivity contribution < 1.29 is 178 Å². The minimum atomic E-state index is -2.69. The lowest BCUT2D eigenvalue weighted by Gasteiger charge is -2.42. The second-order valence-corrected chi connectivity index (χ2v) is 19.3. The Morgan fingerprint density at radius 3 is 1.01 bits per heavy atom. The van der Waals surface area contributed by atoms with Crippen LogP contribution in [-0.4, -0.2) is 213 Å². The molecule has 0 aromatic heterocycles. The fraction of sp³-hybridized carbons (Fsp3) is 0.222. The average molecular weight is 1270 g/mol. The lowest BCUT2D eigenvalue weighted by atomic mass is 9.98. The predicted molar refractivity (Wildman–Crippen MR) is 277 cm³/mol. The van der Waals surface area contributed by atoms with E-state index >= 15 is 0 Å². The molecule has 90 heavy (non-hydrogen) atoms. The number of carbonyl (C=O) groups is 6. The van der Waals surface area contributed by atoms with Crippen molar-refractivity contribution >= 4 is 35.8 Å². The smallest absolute Gasteiger partial charge is 0.344 e. The molecule has 3 heterocycles. The Bertz CT molecular complexity index is 3640. The molecule has 36 heteroatoms. The van der Waals surface area contributed by atoms with Crippen molar-refractivity contribution in [1.29, 1.82) is 0 Å². The van der Waals surface area contributed by atoms with Gasteiger partial charge in [-0.05, 0) is 48.5 Å². The molecule has 10 unspecified atom stereocenters. The Balaban J connectivity index is 1.23. The number of hydrogen-bond donors (Lipinski definition) is 20.